The van der Waals surface area contributed by atoms with Gasteiger partial charge in [0, 0.05) is 30.4 Å². The highest BCUT2D eigenvalue weighted by molar-refractivity contribution is 7.90. The molecule has 0 bridgehead atoms. The second-order valence-electron chi connectivity index (χ2n) is 6.17. The van der Waals surface area contributed by atoms with E-state index < -0.39 is 9.84 Å². The van der Waals surface area contributed by atoms with Crippen molar-refractivity contribution in [2.45, 2.75) is 50.1 Å². The Labute approximate surface area is 132 Å². The Morgan fingerprint density at radius 1 is 1.36 bits per heavy atom. The number of nitrogens with two attached hydrogens (primary N) is 1. The molecule has 122 valence electrons. The Morgan fingerprint density at radius 2 is 2.05 bits per heavy atom. The fourth-order valence-corrected chi connectivity index (χ4v) is 3.62. The van der Waals surface area contributed by atoms with E-state index in [-0.39, 0.29) is 22.9 Å². The molecule has 5 nitrogen and oxygen atoms in total. The normalized spacial score (nSPS) is 20.7. The molecule has 2 N–H and O–H groups in total. The number of carbonyl (C=O) groups is 1. The van der Waals surface area contributed by atoms with Gasteiger partial charge >= 0.3 is 0 Å². The number of benzene rings is 1. The fraction of sp³-hybridized carbons (Fsp3) is 0.562. The molecule has 1 amide bonds. The van der Waals surface area contributed by atoms with Crippen molar-refractivity contribution in [2.24, 2.45) is 5.73 Å². The molecule has 1 aliphatic rings. The SMILES string of the molecule is Cc1ccc(S(C)(=O)=O)cc1C(=O)N1CCCC[C@H]1[C@H](C)N. The maximum atomic E-state index is 12.9. The van der Waals surface area contributed by atoms with E-state index in [0.29, 0.717) is 12.1 Å². The molecule has 0 aromatic heterocycles. The van der Waals surface area contributed by atoms with Gasteiger partial charge in [-0.05, 0) is 50.8 Å². The maximum absolute atomic E-state index is 12.9. The number of piperidine rings is 1. The van der Waals surface area contributed by atoms with E-state index >= 15 is 0 Å². The molecule has 0 saturated carbocycles. The standard InChI is InChI=1S/C16H24N2O3S/c1-11-7-8-13(22(3,20)21)10-14(11)16(19)18-9-5-4-6-15(18)12(2)17/h7-8,10,12,15H,4-6,9,17H2,1-3H3/t12-,15-/m0/s1. The first-order valence-electron chi connectivity index (χ1n) is 7.59. The highest BCUT2D eigenvalue weighted by Gasteiger charge is 2.30. The molecule has 0 aliphatic carbocycles. The van der Waals surface area contributed by atoms with Crippen molar-refractivity contribution in [3.05, 3.63) is 29.3 Å². The number of hydrogen-bond donors (Lipinski definition) is 1. The van der Waals surface area contributed by atoms with Gasteiger partial charge < -0.3 is 10.6 Å². The third-order valence-corrected chi connectivity index (χ3v) is 5.39. The lowest BCUT2D eigenvalue weighted by molar-refractivity contribution is 0.0583. The van der Waals surface area contributed by atoms with E-state index in [1.165, 1.54) is 6.07 Å². The van der Waals surface area contributed by atoms with E-state index in [0.717, 1.165) is 31.1 Å². The summed E-state index contributed by atoms with van der Waals surface area (Å²) in [6.45, 7) is 4.41. The summed E-state index contributed by atoms with van der Waals surface area (Å²) in [7, 11) is -3.33. The van der Waals surface area contributed by atoms with Gasteiger partial charge in [-0.2, -0.15) is 0 Å². The predicted octanol–water partition coefficient (Wildman–Crippen LogP) is 1.74. The van der Waals surface area contributed by atoms with Crippen LogP contribution >= 0.6 is 0 Å². The second-order valence-corrected chi connectivity index (χ2v) is 8.19. The van der Waals surface area contributed by atoms with Gasteiger partial charge in [-0.25, -0.2) is 8.42 Å². The van der Waals surface area contributed by atoms with Crippen molar-refractivity contribution in [1.29, 1.82) is 0 Å². The summed E-state index contributed by atoms with van der Waals surface area (Å²) in [6.07, 6.45) is 4.07. The molecule has 1 aromatic rings. The van der Waals surface area contributed by atoms with Gasteiger partial charge in [0.1, 0.15) is 0 Å². The molecule has 22 heavy (non-hydrogen) atoms. The first kappa shape index (κ1) is 17.0. The summed E-state index contributed by atoms with van der Waals surface area (Å²) in [5.74, 6) is -0.120. The first-order valence-corrected chi connectivity index (χ1v) is 9.48. The monoisotopic (exact) mass is 324 g/mol. The van der Waals surface area contributed by atoms with Crippen LogP contribution in [0.15, 0.2) is 23.1 Å². The van der Waals surface area contributed by atoms with Crippen molar-refractivity contribution in [3.8, 4) is 0 Å². The molecular formula is C16H24N2O3S. The quantitative estimate of drug-likeness (QED) is 0.918. The Balaban J connectivity index is 2.40. The minimum atomic E-state index is -3.33. The van der Waals surface area contributed by atoms with Crippen molar-refractivity contribution < 1.29 is 13.2 Å². The number of carbonyl (C=O) groups excluding carboxylic acids is 1. The minimum absolute atomic E-state index is 0.0162. The van der Waals surface area contributed by atoms with Crippen LogP contribution in [0.25, 0.3) is 0 Å². The van der Waals surface area contributed by atoms with Crippen LogP contribution < -0.4 is 5.73 Å². The molecule has 1 saturated heterocycles. The van der Waals surface area contributed by atoms with Crippen LogP contribution in [0.5, 0.6) is 0 Å². The summed E-state index contributed by atoms with van der Waals surface area (Å²) in [4.78, 5) is 14.9. The zero-order valence-corrected chi connectivity index (χ0v) is 14.2. The molecule has 1 heterocycles. The topological polar surface area (TPSA) is 80.5 Å². The highest BCUT2D eigenvalue weighted by atomic mass is 32.2. The number of likely N-dealkylation sites (tertiary alicyclic amines) is 1. The van der Waals surface area contributed by atoms with Gasteiger partial charge in [0.05, 0.1) is 4.90 Å². The van der Waals surface area contributed by atoms with Gasteiger partial charge in [-0.15, -0.1) is 0 Å². The lowest BCUT2D eigenvalue weighted by Crippen LogP contribution is -2.51. The Morgan fingerprint density at radius 3 is 2.64 bits per heavy atom. The average molecular weight is 324 g/mol. The molecule has 0 radical (unpaired) electrons. The Bertz CT molecular complexity index is 668. The number of rotatable bonds is 3. The molecule has 1 fully saturated rings. The lowest BCUT2D eigenvalue weighted by Gasteiger charge is -2.38. The number of amides is 1. The average Bonchev–Trinajstić information content (AvgIpc) is 2.45. The number of sulfone groups is 1. The van der Waals surface area contributed by atoms with Crippen LogP contribution in [0.3, 0.4) is 0 Å². The van der Waals surface area contributed by atoms with Crippen LogP contribution in [-0.2, 0) is 9.84 Å². The van der Waals surface area contributed by atoms with Gasteiger partial charge in [0.2, 0.25) is 0 Å². The summed E-state index contributed by atoms with van der Waals surface area (Å²) in [6, 6.07) is 4.64. The third-order valence-electron chi connectivity index (χ3n) is 4.28. The van der Waals surface area contributed by atoms with Gasteiger partial charge in [0.15, 0.2) is 9.84 Å². The zero-order chi connectivity index (χ0) is 16.5. The Kier molecular flexibility index (Phi) is 4.92. The van der Waals surface area contributed by atoms with E-state index in [2.05, 4.69) is 0 Å². The summed E-state index contributed by atoms with van der Waals surface area (Å²) >= 11 is 0. The molecule has 0 spiro atoms. The van der Waals surface area contributed by atoms with Crippen LogP contribution in [0, 0.1) is 6.92 Å². The molecule has 2 rings (SSSR count). The van der Waals surface area contributed by atoms with Crippen LogP contribution in [0.4, 0.5) is 0 Å². The van der Waals surface area contributed by atoms with E-state index in [1.807, 2.05) is 18.7 Å². The van der Waals surface area contributed by atoms with E-state index in [4.69, 9.17) is 5.73 Å². The summed E-state index contributed by atoms with van der Waals surface area (Å²) in [5, 5.41) is 0. The molecule has 0 unspecified atom stereocenters. The van der Waals surface area contributed by atoms with Crippen molar-refractivity contribution in [2.75, 3.05) is 12.8 Å². The largest absolute Gasteiger partial charge is 0.334 e. The highest BCUT2D eigenvalue weighted by Crippen LogP contribution is 2.24. The number of aryl methyl sites for hydroxylation is 1. The second kappa shape index (κ2) is 6.38. The number of nitrogens with zero attached hydrogens (tertiary/aromatic N) is 1. The maximum Gasteiger partial charge on any atom is 0.254 e. The van der Waals surface area contributed by atoms with Crippen molar-refractivity contribution in [3.63, 3.8) is 0 Å². The molecule has 1 aliphatic heterocycles. The van der Waals surface area contributed by atoms with Crippen LogP contribution in [0.2, 0.25) is 0 Å². The third kappa shape index (κ3) is 3.50. The summed E-state index contributed by atoms with van der Waals surface area (Å²) in [5.41, 5.74) is 7.26. The molecular weight excluding hydrogens is 300 g/mol. The molecule has 6 heteroatoms. The zero-order valence-electron chi connectivity index (χ0n) is 13.4. The van der Waals surface area contributed by atoms with Crippen LogP contribution in [-0.4, -0.2) is 44.1 Å². The predicted molar refractivity (Wildman–Crippen MR) is 86.6 cm³/mol. The fourth-order valence-electron chi connectivity index (χ4n) is 2.97. The molecule has 1 aromatic carbocycles. The van der Waals surface area contributed by atoms with Crippen molar-refractivity contribution in [1.82, 2.24) is 4.90 Å². The van der Waals surface area contributed by atoms with Crippen LogP contribution in [0.1, 0.15) is 42.1 Å². The molecule has 2 atom stereocenters. The Hall–Kier alpha value is -1.40. The first-order chi connectivity index (χ1) is 10.2. The smallest absolute Gasteiger partial charge is 0.254 e. The van der Waals surface area contributed by atoms with E-state index in [1.54, 1.807) is 12.1 Å². The van der Waals surface area contributed by atoms with Gasteiger partial charge in [0.25, 0.3) is 5.91 Å². The summed E-state index contributed by atoms with van der Waals surface area (Å²) < 4.78 is 23.4. The lowest BCUT2D eigenvalue weighted by atomic mass is 9.95. The number of hydrogen-bond acceptors (Lipinski definition) is 4. The van der Waals surface area contributed by atoms with Crippen molar-refractivity contribution >= 4 is 15.7 Å². The van der Waals surface area contributed by atoms with Gasteiger partial charge in [-0.3, -0.25) is 4.79 Å². The van der Waals surface area contributed by atoms with Gasteiger partial charge in [-0.1, -0.05) is 6.07 Å². The van der Waals surface area contributed by atoms with E-state index in [9.17, 15) is 13.2 Å². The minimum Gasteiger partial charge on any atom is -0.334 e.